The number of anilines is 1. The lowest BCUT2D eigenvalue weighted by Gasteiger charge is -2.36. The van der Waals surface area contributed by atoms with E-state index in [2.05, 4.69) is 24.1 Å². The molecule has 0 unspecified atom stereocenters. The van der Waals surface area contributed by atoms with Crippen LogP contribution in [0, 0.1) is 5.92 Å². The smallest absolute Gasteiger partial charge is 0.353 e. The first-order valence-corrected chi connectivity index (χ1v) is 6.88. The molecule has 2 heterocycles. The molecule has 1 N–H and O–H groups in total. The van der Waals surface area contributed by atoms with Crippen LogP contribution >= 0.6 is 11.6 Å². The van der Waals surface area contributed by atoms with E-state index in [1.165, 1.54) is 0 Å². The van der Waals surface area contributed by atoms with Gasteiger partial charge < -0.3 is 10.2 Å². The molecule has 1 fully saturated rings. The molecule has 1 aromatic rings. The molecule has 1 atom stereocenters. The number of pyridine rings is 1. The first-order valence-electron chi connectivity index (χ1n) is 6.50. The van der Waals surface area contributed by atoms with Crippen LogP contribution in [-0.4, -0.2) is 30.7 Å². The van der Waals surface area contributed by atoms with Crippen LogP contribution in [0.3, 0.4) is 0 Å². The third kappa shape index (κ3) is 3.35. The summed E-state index contributed by atoms with van der Waals surface area (Å²) < 4.78 is 37.8. The number of alkyl halides is 3. The summed E-state index contributed by atoms with van der Waals surface area (Å²) in [4.78, 5) is 5.84. The van der Waals surface area contributed by atoms with Crippen LogP contribution in [0.5, 0.6) is 0 Å². The van der Waals surface area contributed by atoms with Gasteiger partial charge >= 0.3 is 6.18 Å². The Bertz CT molecular complexity index is 476. The lowest BCUT2D eigenvalue weighted by Crippen LogP contribution is -2.53. The van der Waals surface area contributed by atoms with E-state index in [0.717, 1.165) is 18.8 Å². The fraction of sp³-hybridized carbons (Fsp3) is 0.615. The molecule has 0 aliphatic carbocycles. The molecule has 0 aromatic carbocycles. The Morgan fingerprint density at radius 3 is 2.70 bits per heavy atom. The second-order valence-electron chi connectivity index (χ2n) is 5.28. The van der Waals surface area contributed by atoms with Crippen LogP contribution in [0.4, 0.5) is 19.0 Å². The molecule has 112 valence electrons. The zero-order valence-corrected chi connectivity index (χ0v) is 12.1. The highest BCUT2D eigenvalue weighted by Gasteiger charge is 2.32. The maximum atomic E-state index is 12.6. The molecule has 3 nitrogen and oxygen atoms in total. The van der Waals surface area contributed by atoms with Crippen molar-refractivity contribution in [2.45, 2.75) is 26.1 Å². The van der Waals surface area contributed by atoms with Gasteiger partial charge in [-0.05, 0) is 12.0 Å². The van der Waals surface area contributed by atoms with Crippen molar-refractivity contribution in [3.05, 3.63) is 22.8 Å². The molecular formula is C13H17ClF3N3. The molecule has 0 amide bonds. The summed E-state index contributed by atoms with van der Waals surface area (Å²) in [6.45, 7) is 6.34. The molecule has 1 aliphatic heterocycles. The van der Waals surface area contributed by atoms with Gasteiger partial charge in [0.05, 0.1) is 10.6 Å². The number of aromatic nitrogens is 1. The van der Waals surface area contributed by atoms with Crippen LogP contribution in [0.2, 0.25) is 5.02 Å². The fourth-order valence-electron chi connectivity index (χ4n) is 2.24. The van der Waals surface area contributed by atoms with Gasteiger partial charge in [-0.15, -0.1) is 0 Å². The van der Waals surface area contributed by atoms with Crippen molar-refractivity contribution < 1.29 is 13.2 Å². The van der Waals surface area contributed by atoms with Gasteiger partial charge in [-0.1, -0.05) is 25.4 Å². The second kappa shape index (κ2) is 5.77. The van der Waals surface area contributed by atoms with Crippen molar-refractivity contribution in [2.24, 2.45) is 5.92 Å². The van der Waals surface area contributed by atoms with Crippen LogP contribution in [0.1, 0.15) is 19.4 Å². The lowest BCUT2D eigenvalue weighted by molar-refractivity contribution is -0.137. The van der Waals surface area contributed by atoms with Crippen molar-refractivity contribution in [1.29, 1.82) is 0 Å². The minimum atomic E-state index is -4.42. The molecule has 0 spiro atoms. The Labute approximate surface area is 121 Å². The Balaban J connectivity index is 2.21. The van der Waals surface area contributed by atoms with E-state index in [-0.39, 0.29) is 11.1 Å². The topological polar surface area (TPSA) is 28.2 Å². The predicted octanol–water partition coefficient (Wildman–Crippen LogP) is 3.19. The van der Waals surface area contributed by atoms with Gasteiger partial charge in [0.2, 0.25) is 0 Å². The number of halogens is 4. The average molecular weight is 308 g/mol. The second-order valence-corrected chi connectivity index (χ2v) is 5.69. The standard InChI is InChI=1S/C13H17ClF3N3/c1-8(2)11-7-20(4-3-18-11)12-10(14)5-9(6-19-12)13(15,16)17/h5-6,8,11,18H,3-4,7H2,1-2H3/t11-/m1/s1. The van der Waals surface area contributed by atoms with Crippen LogP contribution < -0.4 is 10.2 Å². The highest BCUT2D eigenvalue weighted by molar-refractivity contribution is 6.33. The lowest BCUT2D eigenvalue weighted by atomic mass is 10.0. The Morgan fingerprint density at radius 1 is 1.45 bits per heavy atom. The van der Waals surface area contributed by atoms with E-state index >= 15 is 0 Å². The quantitative estimate of drug-likeness (QED) is 0.909. The van der Waals surface area contributed by atoms with Gasteiger partial charge in [0.15, 0.2) is 0 Å². The average Bonchev–Trinajstić information content (AvgIpc) is 2.37. The first kappa shape index (κ1) is 15.4. The Kier molecular flexibility index (Phi) is 4.44. The van der Waals surface area contributed by atoms with Crippen molar-refractivity contribution >= 4 is 17.4 Å². The van der Waals surface area contributed by atoms with E-state index in [0.29, 0.717) is 24.8 Å². The zero-order chi connectivity index (χ0) is 14.9. The number of rotatable bonds is 2. The van der Waals surface area contributed by atoms with Gasteiger partial charge in [0.25, 0.3) is 0 Å². The predicted molar refractivity (Wildman–Crippen MR) is 73.1 cm³/mol. The first-order chi connectivity index (χ1) is 9.29. The zero-order valence-electron chi connectivity index (χ0n) is 11.3. The molecule has 1 aliphatic rings. The molecule has 2 rings (SSSR count). The summed E-state index contributed by atoms with van der Waals surface area (Å²) in [5.41, 5.74) is -0.818. The molecule has 1 aromatic heterocycles. The largest absolute Gasteiger partial charge is 0.417 e. The van der Waals surface area contributed by atoms with Crippen LogP contribution in [0.15, 0.2) is 12.3 Å². The van der Waals surface area contributed by atoms with Crippen molar-refractivity contribution in [2.75, 3.05) is 24.5 Å². The Hall–Kier alpha value is -1.01. The summed E-state index contributed by atoms with van der Waals surface area (Å²) in [6.07, 6.45) is -3.58. The molecule has 0 saturated carbocycles. The number of hydrogen-bond donors (Lipinski definition) is 1. The molecule has 20 heavy (non-hydrogen) atoms. The monoisotopic (exact) mass is 307 g/mol. The van der Waals surface area contributed by atoms with Crippen molar-refractivity contribution in [1.82, 2.24) is 10.3 Å². The SMILES string of the molecule is CC(C)[C@H]1CN(c2ncc(C(F)(F)F)cc2Cl)CCN1. The Morgan fingerprint density at radius 2 is 2.15 bits per heavy atom. The van der Waals surface area contributed by atoms with E-state index < -0.39 is 11.7 Å². The summed E-state index contributed by atoms with van der Waals surface area (Å²) in [6, 6.07) is 1.22. The van der Waals surface area contributed by atoms with Gasteiger partial charge in [-0.2, -0.15) is 13.2 Å². The minimum Gasteiger partial charge on any atom is -0.353 e. The summed E-state index contributed by atoms with van der Waals surface area (Å²) >= 11 is 5.97. The van der Waals surface area contributed by atoms with Gasteiger partial charge in [-0.3, -0.25) is 0 Å². The van der Waals surface area contributed by atoms with Gasteiger partial charge in [-0.25, -0.2) is 4.98 Å². The maximum Gasteiger partial charge on any atom is 0.417 e. The third-order valence-corrected chi connectivity index (χ3v) is 3.74. The summed E-state index contributed by atoms with van der Waals surface area (Å²) in [5.74, 6) is 0.859. The van der Waals surface area contributed by atoms with E-state index in [1.54, 1.807) is 0 Å². The van der Waals surface area contributed by atoms with Crippen molar-refractivity contribution in [3.8, 4) is 0 Å². The highest BCUT2D eigenvalue weighted by Crippen LogP contribution is 2.33. The maximum absolute atomic E-state index is 12.6. The summed E-state index contributed by atoms with van der Waals surface area (Å²) in [7, 11) is 0. The molecule has 7 heteroatoms. The van der Waals surface area contributed by atoms with E-state index in [1.807, 2.05) is 4.90 Å². The number of nitrogens with one attached hydrogen (secondary N) is 1. The number of hydrogen-bond acceptors (Lipinski definition) is 3. The number of piperazine rings is 1. The minimum absolute atomic E-state index is 0.0456. The van der Waals surface area contributed by atoms with Crippen LogP contribution in [-0.2, 0) is 6.18 Å². The third-order valence-electron chi connectivity index (χ3n) is 3.46. The molecule has 1 saturated heterocycles. The molecule has 0 radical (unpaired) electrons. The summed E-state index contributed by atoms with van der Waals surface area (Å²) in [5, 5.41) is 3.43. The van der Waals surface area contributed by atoms with E-state index in [4.69, 9.17) is 11.6 Å². The van der Waals surface area contributed by atoms with Gasteiger partial charge in [0, 0.05) is 31.9 Å². The normalized spacial score (nSPS) is 20.6. The molecular weight excluding hydrogens is 291 g/mol. The van der Waals surface area contributed by atoms with Crippen molar-refractivity contribution in [3.63, 3.8) is 0 Å². The highest BCUT2D eigenvalue weighted by atomic mass is 35.5. The fourth-order valence-corrected chi connectivity index (χ4v) is 2.52. The van der Waals surface area contributed by atoms with Gasteiger partial charge in [0.1, 0.15) is 5.82 Å². The van der Waals surface area contributed by atoms with Crippen LogP contribution in [0.25, 0.3) is 0 Å². The number of nitrogens with zero attached hydrogens (tertiary/aromatic N) is 2. The molecule has 0 bridgehead atoms. The van der Waals surface area contributed by atoms with E-state index in [9.17, 15) is 13.2 Å².